The summed E-state index contributed by atoms with van der Waals surface area (Å²) in [5, 5.41) is 0.970. The molecule has 2 aromatic rings. The second-order valence-corrected chi connectivity index (χ2v) is 17.3. The van der Waals surface area contributed by atoms with Gasteiger partial charge in [-0.05, 0) is 135 Å². The van der Waals surface area contributed by atoms with Crippen molar-refractivity contribution in [2.24, 2.45) is 46.3 Å². The molecule has 47 heavy (non-hydrogen) atoms. The fourth-order valence-electron chi connectivity index (χ4n) is 11.3. The number of aryl methyl sites for hydroxylation is 1. The van der Waals surface area contributed by atoms with Gasteiger partial charge in [-0.15, -0.1) is 0 Å². The molecule has 0 amide bonds. The van der Waals surface area contributed by atoms with E-state index >= 15 is 0 Å². The van der Waals surface area contributed by atoms with Crippen LogP contribution < -0.4 is 10.4 Å². The van der Waals surface area contributed by atoms with Crippen LogP contribution in [0.15, 0.2) is 39.1 Å². The Balaban J connectivity index is 0.940. The molecule has 5 aliphatic carbocycles. The summed E-state index contributed by atoms with van der Waals surface area (Å²) in [6, 6.07) is 5.54. The first kappa shape index (κ1) is 33.0. The van der Waals surface area contributed by atoms with Crippen molar-refractivity contribution >= 4 is 16.9 Å². The fourth-order valence-corrected chi connectivity index (χ4v) is 11.3. The third-order valence-electron chi connectivity index (χ3n) is 14.0. The molecule has 0 spiro atoms. The zero-order valence-corrected chi connectivity index (χ0v) is 29.7. The maximum Gasteiger partial charge on any atom is 0.344 e. The Morgan fingerprint density at radius 3 is 2.66 bits per heavy atom. The highest BCUT2D eigenvalue weighted by molar-refractivity contribution is 5.83. The van der Waals surface area contributed by atoms with E-state index in [1.807, 2.05) is 12.1 Å². The topological polar surface area (TPSA) is 65.7 Å². The van der Waals surface area contributed by atoms with Crippen molar-refractivity contribution in [2.75, 3.05) is 6.61 Å². The minimum Gasteiger partial charge on any atom is -0.482 e. The van der Waals surface area contributed by atoms with Gasteiger partial charge < -0.3 is 13.9 Å². The molecule has 0 unspecified atom stereocenters. The lowest BCUT2D eigenvalue weighted by Gasteiger charge is -2.61. The molecule has 0 N–H and O–H groups in total. The van der Waals surface area contributed by atoms with Crippen LogP contribution in [0.3, 0.4) is 0 Å². The average molecular weight is 643 g/mol. The average Bonchev–Trinajstić information content (AvgIpc) is 3.54. The van der Waals surface area contributed by atoms with Gasteiger partial charge >= 0.3 is 11.6 Å². The molecule has 7 rings (SSSR count). The summed E-state index contributed by atoms with van der Waals surface area (Å²) in [7, 11) is 0. The predicted octanol–water partition coefficient (Wildman–Crippen LogP) is 10.0. The standard InChI is InChI=1S/C42H58O5/c1-26(2)8-6-9-27(3)28-12-17-36-35-15-13-29-22-31(18-21-42(29,5)37(35)19-20-41(36,4)24-28)46-39(43)25-45-30-14-16-33-32-10-7-11-34(32)40(44)47-38(33)23-30/h13-14,16,23,26-28,31,35-37H,6-12,15,17-22,24-25H2,1-5H3/t27-,28+,31+,35-,36+,37-,41+,42-/m0/s1. The molecule has 1 aromatic carbocycles. The van der Waals surface area contributed by atoms with E-state index in [1.165, 1.54) is 63.4 Å². The number of esters is 1. The largest absolute Gasteiger partial charge is 0.482 e. The van der Waals surface area contributed by atoms with Gasteiger partial charge in [0.15, 0.2) is 6.61 Å². The first-order valence-corrected chi connectivity index (χ1v) is 19.1. The maximum absolute atomic E-state index is 12.9. The molecule has 3 saturated carbocycles. The van der Waals surface area contributed by atoms with Gasteiger partial charge in [-0.3, -0.25) is 0 Å². The number of benzene rings is 1. The number of hydrogen-bond donors (Lipinski definition) is 0. The molecular weight excluding hydrogens is 584 g/mol. The highest BCUT2D eigenvalue weighted by Crippen LogP contribution is 2.65. The van der Waals surface area contributed by atoms with Crippen LogP contribution >= 0.6 is 0 Å². The Morgan fingerprint density at radius 1 is 1.00 bits per heavy atom. The summed E-state index contributed by atoms with van der Waals surface area (Å²) < 4.78 is 17.4. The zero-order valence-electron chi connectivity index (χ0n) is 29.7. The van der Waals surface area contributed by atoms with Gasteiger partial charge in [0.05, 0.1) is 0 Å². The van der Waals surface area contributed by atoms with Gasteiger partial charge in [0, 0.05) is 23.4 Å². The number of rotatable bonds is 9. The van der Waals surface area contributed by atoms with Crippen LogP contribution in [-0.4, -0.2) is 18.7 Å². The fraction of sp³-hybridized carbons (Fsp3) is 0.714. The molecule has 8 atom stereocenters. The molecule has 256 valence electrons. The summed E-state index contributed by atoms with van der Waals surface area (Å²) in [6.07, 6.45) is 20.4. The highest BCUT2D eigenvalue weighted by atomic mass is 16.6. The first-order valence-electron chi connectivity index (χ1n) is 19.1. The lowest BCUT2D eigenvalue weighted by Crippen LogP contribution is -2.52. The molecule has 3 fully saturated rings. The third-order valence-corrected chi connectivity index (χ3v) is 14.0. The minimum atomic E-state index is -0.327. The Hall–Kier alpha value is -2.56. The lowest BCUT2D eigenvalue weighted by atomic mass is 9.44. The van der Waals surface area contributed by atoms with E-state index in [0.717, 1.165) is 90.5 Å². The number of fused-ring (bicyclic) bond motifs is 8. The first-order chi connectivity index (χ1) is 22.5. The Morgan fingerprint density at radius 2 is 1.83 bits per heavy atom. The number of carbonyl (C=O) groups is 1. The van der Waals surface area contributed by atoms with Gasteiger partial charge in [0.25, 0.3) is 0 Å². The van der Waals surface area contributed by atoms with Crippen LogP contribution in [0.1, 0.15) is 129 Å². The smallest absolute Gasteiger partial charge is 0.344 e. The summed E-state index contributed by atoms with van der Waals surface area (Å²) in [5.41, 5.74) is 4.46. The molecule has 1 aromatic heterocycles. The highest BCUT2D eigenvalue weighted by Gasteiger charge is 2.56. The van der Waals surface area contributed by atoms with Crippen molar-refractivity contribution in [1.82, 2.24) is 0 Å². The van der Waals surface area contributed by atoms with E-state index in [1.54, 1.807) is 6.07 Å². The number of carbonyl (C=O) groups excluding carboxylic acids is 1. The maximum atomic E-state index is 12.9. The van der Waals surface area contributed by atoms with E-state index in [2.05, 4.69) is 40.7 Å². The van der Waals surface area contributed by atoms with Crippen molar-refractivity contribution < 1.29 is 18.7 Å². The molecule has 5 nitrogen and oxygen atoms in total. The van der Waals surface area contributed by atoms with Crippen LogP contribution in [0.25, 0.3) is 11.0 Å². The van der Waals surface area contributed by atoms with Gasteiger partial charge in [0.2, 0.25) is 0 Å². The van der Waals surface area contributed by atoms with E-state index in [4.69, 9.17) is 13.9 Å². The number of hydrogen-bond acceptors (Lipinski definition) is 5. The van der Waals surface area contributed by atoms with Crippen LogP contribution in [0.5, 0.6) is 5.75 Å². The molecule has 1 heterocycles. The molecule has 5 heteroatoms. The molecule has 0 radical (unpaired) electrons. The van der Waals surface area contributed by atoms with Crippen LogP contribution in [0.4, 0.5) is 0 Å². The van der Waals surface area contributed by atoms with Crippen molar-refractivity contribution in [2.45, 2.75) is 137 Å². The van der Waals surface area contributed by atoms with Crippen molar-refractivity contribution in [3.63, 3.8) is 0 Å². The van der Waals surface area contributed by atoms with Gasteiger partial charge in [-0.2, -0.15) is 0 Å². The van der Waals surface area contributed by atoms with E-state index in [-0.39, 0.29) is 29.7 Å². The normalized spacial score (nSPS) is 33.7. The Bertz CT molecular complexity index is 1570. The minimum absolute atomic E-state index is 0.0827. The number of allylic oxidation sites excluding steroid dienone is 1. The second-order valence-electron chi connectivity index (χ2n) is 17.3. The summed E-state index contributed by atoms with van der Waals surface area (Å²) in [6.45, 7) is 12.3. The van der Waals surface area contributed by atoms with E-state index in [0.29, 0.717) is 16.7 Å². The van der Waals surface area contributed by atoms with Gasteiger partial charge in [-0.1, -0.05) is 65.5 Å². The van der Waals surface area contributed by atoms with Crippen LogP contribution in [0.2, 0.25) is 0 Å². The molecule has 0 aliphatic heterocycles. The third kappa shape index (κ3) is 6.34. The zero-order chi connectivity index (χ0) is 32.9. The lowest BCUT2D eigenvalue weighted by molar-refractivity contribution is -0.154. The van der Waals surface area contributed by atoms with E-state index < -0.39 is 0 Å². The molecule has 0 bridgehead atoms. The van der Waals surface area contributed by atoms with Crippen molar-refractivity contribution in [1.29, 1.82) is 0 Å². The van der Waals surface area contributed by atoms with Gasteiger partial charge in [-0.25, -0.2) is 9.59 Å². The number of ether oxygens (including phenoxy) is 2. The molecule has 5 aliphatic rings. The van der Waals surface area contributed by atoms with E-state index in [9.17, 15) is 9.59 Å². The van der Waals surface area contributed by atoms with Crippen molar-refractivity contribution in [3.05, 3.63) is 51.4 Å². The van der Waals surface area contributed by atoms with Crippen LogP contribution in [0, 0.1) is 46.3 Å². The Labute approximate surface area is 282 Å². The van der Waals surface area contributed by atoms with Crippen molar-refractivity contribution in [3.8, 4) is 5.75 Å². The SMILES string of the molecule is CC(C)CCC[C@H](C)[C@@H]1CC[C@@H]2[C@@H]3CC=C4C[C@H](OC(=O)COc5ccc6c7c(c(=O)oc6c5)CCC7)CC[C@]4(C)[C@H]3CC[C@]2(C)C1. The van der Waals surface area contributed by atoms with Crippen LogP contribution in [-0.2, 0) is 22.4 Å². The quantitative estimate of drug-likeness (QED) is 0.155. The Kier molecular flexibility index (Phi) is 9.15. The van der Waals surface area contributed by atoms with Gasteiger partial charge in [0.1, 0.15) is 17.4 Å². The summed E-state index contributed by atoms with van der Waals surface area (Å²) in [4.78, 5) is 25.3. The second kappa shape index (κ2) is 13.0. The predicted molar refractivity (Wildman–Crippen MR) is 188 cm³/mol. The molecule has 0 saturated heterocycles. The molecular formula is C42H58O5. The summed E-state index contributed by atoms with van der Waals surface area (Å²) in [5.74, 6) is 5.20. The summed E-state index contributed by atoms with van der Waals surface area (Å²) >= 11 is 0. The monoisotopic (exact) mass is 642 g/mol.